The fourth-order valence-corrected chi connectivity index (χ4v) is 2.92. The molecule has 1 atom stereocenters. The van der Waals surface area contributed by atoms with E-state index >= 15 is 0 Å². The van der Waals surface area contributed by atoms with E-state index in [9.17, 15) is 4.79 Å². The molecule has 0 spiro atoms. The maximum Gasteiger partial charge on any atom is 0.230 e. The summed E-state index contributed by atoms with van der Waals surface area (Å²) in [7, 11) is 0. The Labute approximate surface area is 124 Å². The maximum absolute atomic E-state index is 11.9. The smallest absolute Gasteiger partial charge is 0.230 e. The first-order valence-corrected chi connectivity index (χ1v) is 7.99. The second-order valence-electron chi connectivity index (χ2n) is 5.10. The van der Waals surface area contributed by atoms with Crippen molar-refractivity contribution in [1.82, 2.24) is 5.32 Å². The predicted molar refractivity (Wildman–Crippen MR) is 81.8 cm³/mol. The Morgan fingerprint density at radius 3 is 2.95 bits per heavy atom. The first-order chi connectivity index (χ1) is 9.65. The van der Waals surface area contributed by atoms with Crippen LogP contribution in [0.5, 0.6) is 0 Å². The highest BCUT2D eigenvalue weighted by Gasteiger charge is 2.16. The number of hydrogen-bond donors (Lipinski definition) is 2. The lowest BCUT2D eigenvalue weighted by molar-refractivity contribution is -0.119. The molecule has 1 heterocycles. The molecule has 5 heteroatoms. The number of amides is 1. The highest BCUT2D eigenvalue weighted by molar-refractivity contribution is 8.00. The molecule has 1 saturated heterocycles. The van der Waals surface area contributed by atoms with E-state index in [2.05, 4.69) is 11.4 Å². The van der Waals surface area contributed by atoms with E-state index in [1.807, 2.05) is 25.1 Å². The molecule has 1 aliphatic heterocycles. The standard InChI is InChI=1S/C15H22N2O2S/c1-11(16)12-3-2-4-14(9-12)20-10-15(18)17-13-5-7-19-8-6-13/h2-4,9,11,13H,5-8,10,16H2,1H3,(H,17,18). The lowest BCUT2D eigenvalue weighted by atomic mass is 10.1. The molecule has 2 rings (SSSR count). The van der Waals surface area contributed by atoms with Crippen LogP contribution in [0, 0.1) is 0 Å². The Bertz CT molecular complexity index is 445. The summed E-state index contributed by atoms with van der Waals surface area (Å²) in [6, 6.07) is 8.35. The summed E-state index contributed by atoms with van der Waals surface area (Å²) < 4.78 is 5.28. The van der Waals surface area contributed by atoms with Crippen molar-refractivity contribution >= 4 is 17.7 Å². The summed E-state index contributed by atoms with van der Waals surface area (Å²) in [6.45, 7) is 3.45. The molecular formula is C15H22N2O2S. The molecule has 0 bridgehead atoms. The van der Waals surface area contributed by atoms with Gasteiger partial charge in [-0.05, 0) is 37.5 Å². The van der Waals surface area contributed by atoms with Crippen molar-refractivity contribution in [2.75, 3.05) is 19.0 Å². The second kappa shape index (κ2) is 7.67. The maximum atomic E-state index is 11.9. The van der Waals surface area contributed by atoms with Gasteiger partial charge in [-0.1, -0.05) is 12.1 Å². The minimum Gasteiger partial charge on any atom is -0.381 e. The molecule has 1 fully saturated rings. The number of carbonyl (C=O) groups excluding carboxylic acids is 1. The number of benzene rings is 1. The number of nitrogens with one attached hydrogen (secondary N) is 1. The van der Waals surface area contributed by atoms with Gasteiger partial charge in [0.15, 0.2) is 0 Å². The molecular weight excluding hydrogens is 272 g/mol. The second-order valence-corrected chi connectivity index (χ2v) is 6.15. The Balaban J connectivity index is 1.79. The van der Waals surface area contributed by atoms with Gasteiger partial charge >= 0.3 is 0 Å². The third kappa shape index (κ3) is 4.81. The van der Waals surface area contributed by atoms with E-state index in [-0.39, 0.29) is 18.0 Å². The summed E-state index contributed by atoms with van der Waals surface area (Å²) >= 11 is 1.55. The zero-order chi connectivity index (χ0) is 14.4. The van der Waals surface area contributed by atoms with Crippen molar-refractivity contribution < 1.29 is 9.53 Å². The Morgan fingerprint density at radius 2 is 2.25 bits per heavy atom. The van der Waals surface area contributed by atoms with E-state index < -0.39 is 0 Å². The first-order valence-electron chi connectivity index (χ1n) is 7.00. The lowest BCUT2D eigenvalue weighted by Crippen LogP contribution is -2.39. The molecule has 3 N–H and O–H groups in total. The number of rotatable bonds is 5. The van der Waals surface area contributed by atoms with Crippen LogP contribution in [0.15, 0.2) is 29.2 Å². The highest BCUT2D eigenvalue weighted by atomic mass is 32.2. The van der Waals surface area contributed by atoms with Gasteiger partial charge in [-0.3, -0.25) is 4.79 Å². The SMILES string of the molecule is CC(N)c1cccc(SCC(=O)NC2CCOCC2)c1. The van der Waals surface area contributed by atoms with Gasteiger partial charge in [0.05, 0.1) is 5.75 Å². The summed E-state index contributed by atoms with van der Waals surface area (Å²) in [4.78, 5) is 13.0. The molecule has 0 aliphatic carbocycles. The number of hydrogen-bond acceptors (Lipinski definition) is 4. The summed E-state index contributed by atoms with van der Waals surface area (Å²) in [5.41, 5.74) is 6.96. The molecule has 0 aromatic heterocycles. The van der Waals surface area contributed by atoms with E-state index in [1.54, 1.807) is 11.8 Å². The minimum atomic E-state index is 0.0200. The van der Waals surface area contributed by atoms with Gasteiger partial charge in [0.1, 0.15) is 0 Å². The largest absolute Gasteiger partial charge is 0.381 e. The molecule has 1 amide bonds. The molecule has 110 valence electrons. The van der Waals surface area contributed by atoms with Gasteiger partial charge in [-0.15, -0.1) is 11.8 Å². The van der Waals surface area contributed by atoms with Crippen molar-refractivity contribution in [1.29, 1.82) is 0 Å². The van der Waals surface area contributed by atoms with Gasteiger partial charge < -0.3 is 15.8 Å². The summed E-state index contributed by atoms with van der Waals surface area (Å²) in [5.74, 6) is 0.535. The molecule has 20 heavy (non-hydrogen) atoms. The molecule has 1 aliphatic rings. The van der Waals surface area contributed by atoms with Crippen LogP contribution in [0.3, 0.4) is 0 Å². The normalized spacial score (nSPS) is 17.7. The Kier molecular flexibility index (Phi) is 5.88. The molecule has 1 aromatic rings. The van der Waals surface area contributed by atoms with Crippen molar-refractivity contribution in [2.45, 2.75) is 36.7 Å². The molecule has 1 unspecified atom stereocenters. The molecule has 0 saturated carbocycles. The average Bonchev–Trinajstić information content (AvgIpc) is 2.46. The van der Waals surface area contributed by atoms with Crippen LogP contribution in [-0.4, -0.2) is 30.9 Å². The minimum absolute atomic E-state index is 0.0200. The van der Waals surface area contributed by atoms with E-state index in [4.69, 9.17) is 10.5 Å². The van der Waals surface area contributed by atoms with Crippen LogP contribution in [0.25, 0.3) is 0 Å². The van der Waals surface area contributed by atoms with Gasteiger partial charge in [-0.2, -0.15) is 0 Å². The zero-order valence-electron chi connectivity index (χ0n) is 11.8. The topological polar surface area (TPSA) is 64.4 Å². The van der Waals surface area contributed by atoms with Crippen LogP contribution in [0.1, 0.15) is 31.4 Å². The van der Waals surface area contributed by atoms with Gasteiger partial charge in [-0.25, -0.2) is 0 Å². The van der Waals surface area contributed by atoms with Gasteiger partial charge in [0, 0.05) is 30.2 Å². The number of carbonyl (C=O) groups is 1. The first kappa shape index (κ1) is 15.4. The van der Waals surface area contributed by atoms with E-state index in [0.717, 1.165) is 36.5 Å². The predicted octanol–water partition coefficient (Wildman–Crippen LogP) is 2.09. The fraction of sp³-hybridized carbons (Fsp3) is 0.533. The lowest BCUT2D eigenvalue weighted by Gasteiger charge is -2.23. The van der Waals surface area contributed by atoms with Crippen LogP contribution in [-0.2, 0) is 9.53 Å². The van der Waals surface area contributed by atoms with Gasteiger partial charge in [0.25, 0.3) is 0 Å². The van der Waals surface area contributed by atoms with Crippen LogP contribution in [0.2, 0.25) is 0 Å². The van der Waals surface area contributed by atoms with Gasteiger partial charge in [0.2, 0.25) is 5.91 Å². The number of nitrogens with two attached hydrogens (primary N) is 1. The molecule has 4 nitrogen and oxygen atoms in total. The molecule has 0 radical (unpaired) electrons. The average molecular weight is 294 g/mol. The number of thioether (sulfide) groups is 1. The van der Waals surface area contributed by atoms with Crippen molar-refractivity contribution in [3.05, 3.63) is 29.8 Å². The van der Waals surface area contributed by atoms with Crippen molar-refractivity contribution in [2.24, 2.45) is 5.73 Å². The zero-order valence-corrected chi connectivity index (χ0v) is 12.6. The van der Waals surface area contributed by atoms with Crippen LogP contribution >= 0.6 is 11.8 Å². The monoisotopic (exact) mass is 294 g/mol. The highest BCUT2D eigenvalue weighted by Crippen LogP contribution is 2.21. The van der Waals surface area contributed by atoms with Crippen LogP contribution in [0.4, 0.5) is 0 Å². The fourth-order valence-electron chi connectivity index (χ4n) is 2.15. The van der Waals surface area contributed by atoms with Crippen LogP contribution < -0.4 is 11.1 Å². The van der Waals surface area contributed by atoms with E-state index in [0.29, 0.717) is 5.75 Å². The number of ether oxygens (including phenoxy) is 1. The van der Waals surface area contributed by atoms with Crippen molar-refractivity contribution in [3.8, 4) is 0 Å². The third-order valence-electron chi connectivity index (χ3n) is 3.34. The summed E-state index contributed by atoms with van der Waals surface area (Å²) in [6.07, 6.45) is 1.83. The van der Waals surface area contributed by atoms with Crippen molar-refractivity contribution in [3.63, 3.8) is 0 Å². The Hall–Kier alpha value is -1.04. The molecule has 1 aromatic carbocycles. The van der Waals surface area contributed by atoms with E-state index in [1.165, 1.54) is 0 Å². The third-order valence-corrected chi connectivity index (χ3v) is 4.33. The summed E-state index contributed by atoms with van der Waals surface area (Å²) in [5, 5.41) is 3.06. The quantitative estimate of drug-likeness (QED) is 0.816. The Morgan fingerprint density at radius 1 is 1.50 bits per heavy atom.